The van der Waals surface area contributed by atoms with Crippen molar-refractivity contribution in [2.24, 2.45) is 0 Å². The minimum atomic E-state index is -0.550. The molecule has 7 rings (SSSR count). The molecule has 0 saturated heterocycles. The summed E-state index contributed by atoms with van der Waals surface area (Å²) in [6, 6.07) is 26.1. The van der Waals surface area contributed by atoms with Crippen molar-refractivity contribution in [1.29, 1.82) is 0 Å². The molecule has 47 heavy (non-hydrogen) atoms. The Balaban J connectivity index is 1.30. The van der Waals surface area contributed by atoms with Crippen LogP contribution < -0.4 is 14.4 Å². The number of ether oxygens (including phenoxy) is 1. The Hall–Kier alpha value is -3.65. The van der Waals surface area contributed by atoms with Crippen LogP contribution in [0.5, 0.6) is 0 Å². The van der Waals surface area contributed by atoms with Crippen molar-refractivity contribution in [2.45, 2.75) is 67.8 Å². The fourth-order valence-corrected chi connectivity index (χ4v) is 10.3. The first-order chi connectivity index (χ1) is 23.0. The monoisotopic (exact) mass is 676 g/mol. The van der Waals surface area contributed by atoms with Gasteiger partial charge in [0.2, 0.25) is 10.6 Å². The van der Waals surface area contributed by atoms with Crippen LogP contribution in [-0.4, -0.2) is 18.1 Å². The molecule has 4 nitrogen and oxygen atoms in total. The van der Waals surface area contributed by atoms with Crippen molar-refractivity contribution >= 4 is 62.5 Å². The number of hydrogen-bond donors (Lipinski definition) is 0. The van der Waals surface area contributed by atoms with Crippen LogP contribution in [0.4, 0.5) is 11.4 Å². The van der Waals surface area contributed by atoms with Crippen LogP contribution in [0.2, 0.25) is 0 Å². The number of thioether (sulfide) groups is 2. The van der Waals surface area contributed by atoms with Gasteiger partial charge in [-0.2, -0.15) is 4.57 Å². The summed E-state index contributed by atoms with van der Waals surface area (Å²) in [5.74, 6) is 1.02. The predicted octanol–water partition coefficient (Wildman–Crippen LogP) is 10.9. The average molecular weight is 677 g/mol. The van der Waals surface area contributed by atoms with Crippen LogP contribution in [0.25, 0.3) is 16.3 Å². The molecule has 7 heteroatoms. The maximum Gasteiger partial charge on any atom is 0.262 e. The normalized spacial score (nSPS) is 21.0. The number of nitrogens with zero attached hydrogens (tertiary/aromatic N) is 3. The molecule has 1 atom stereocenters. The van der Waals surface area contributed by atoms with Crippen molar-refractivity contribution in [1.82, 2.24) is 0 Å². The Morgan fingerprint density at radius 3 is 2.47 bits per heavy atom. The molecule has 0 saturated carbocycles. The molecular weight excluding hydrogens is 635 g/mol. The van der Waals surface area contributed by atoms with Gasteiger partial charge in [-0.15, -0.1) is 6.58 Å². The van der Waals surface area contributed by atoms with Crippen LogP contribution in [0.1, 0.15) is 51.5 Å². The number of fused-ring (bicyclic) bond motifs is 3. The van der Waals surface area contributed by atoms with Gasteiger partial charge in [-0.3, -0.25) is 0 Å². The largest absolute Gasteiger partial charge is 0.458 e. The third-order valence-corrected chi connectivity index (χ3v) is 12.5. The van der Waals surface area contributed by atoms with Crippen LogP contribution in [0, 0.1) is 0 Å². The van der Waals surface area contributed by atoms with Gasteiger partial charge in [0.25, 0.3) is 5.01 Å². The molecule has 240 valence electrons. The molecule has 0 radical (unpaired) electrons. The van der Waals surface area contributed by atoms with Gasteiger partial charge in [0.05, 0.1) is 16.4 Å². The van der Waals surface area contributed by atoms with E-state index in [0.717, 1.165) is 51.1 Å². The standard InChI is InChI=1S/C40H42N3OS3/c1-5-8-28-42-32-19-10-13-22-35(32)46-38(42)27-25-30-17-15-16-29(24-26-37-41(6-2)31-18-9-12-21-34(31)45-37)39(30)44-40(4)43(7-3)33-20-11-14-23-36(33)47-40/h5,9-14,18-27H,1,6-8,15-17,28H2,2-4H3/q+1. The van der Waals surface area contributed by atoms with E-state index in [9.17, 15) is 0 Å². The van der Waals surface area contributed by atoms with Crippen LogP contribution in [0.15, 0.2) is 135 Å². The van der Waals surface area contributed by atoms with Crippen molar-refractivity contribution in [2.75, 3.05) is 22.9 Å². The van der Waals surface area contributed by atoms with E-state index in [1.807, 2.05) is 40.9 Å². The number of rotatable bonds is 10. The number of aromatic nitrogens is 1. The van der Waals surface area contributed by atoms with Gasteiger partial charge in [0.1, 0.15) is 10.5 Å². The highest BCUT2D eigenvalue weighted by molar-refractivity contribution is 8.03. The molecule has 4 aromatic rings. The molecule has 0 spiro atoms. The first-order valence-corrected chi connectivity index (χ1v) is 19.1. The lowest BCUT2D eigenvalue weighted by molar-refractivity contribution is -0.667. The SMILES string of the molecule is C=CCC[n+]1c(/C=C/C2=C(OC3(C)Sc4ccccc4N3CC)C(=C/C=C3\Sc4ccccc4N3CC)/CCC2)sc2ccccc21. The van der Waals surface area contributed by atoms with Gasteiger partial charge in [0, 0.05) is 48.4 Å². The lowest BCUT2D eigenvalue weighted by atomic mass is 9.92. The van der Waals surface area contributed by atoms with Crippen molar-refractivity contribution < 1.29 is 9.30 Å². The first kappa shape index (κ1) is 31.9. The van der Waals surface area contributed by atoms with Crippen molar-refractivity contribution in [3.8, 4) is 0 Å². The summed E-state index contributed by atoms with van der Waals surface area (Å²) in [4.78, 5) is 7.41. The second kappa shape index (κ2) is 13.8. The second-order valence-corrected chi connectivity index (χ2v) is 15.5. The number of allylic oxidation sites excluding steroid dienone is 6. The number of hydrogen-bond acceptors (Lipinski definition) is 6. The van der Waals surface area contributed by atoms with Crippen LogP contribution in [-0.2, 0) is 11.3 Å². The Labute approximate surface area is 291 Å². The minimum Gasteiger partial charge on any atom is -0.458 e. The molecule has 3 aromatic carbocycles. The van der Waals surface area contributed by atoms with E-state index in [1.54, 1.807) is 0 Å². The molecule has 0 bridgehead atoms. The van der Waals surface area contributed by atoms with Crippen molar-refractivity contribution in [3.05, 3.63) is 131 Å². The number of benzene rings is 3. The minimum absolute atomic E-state index is 0.550. The van der Waals surface area contributed by atoms with E-state index in [1.165, 1.54) is 52.6 Å². The topological polar surface area (TPSA) is 19.6 Å². The predicted molar refractivity (Wildman–Crippen MR) is 203 cm³/mol. The van der Waals surface area contributed by atoms with E-state index >= 15 is 0 Å². The molecule has 1 unspecified atom stereocenters. The lowest BCUT2D eigenvalue weighted by Crippen LogP contribution is -2.43. The molecule has 0 amide bonds. The average Bonchev–Trinajstić information content (AvgIpc) is 3.73. The summed E-state index contributed by atoms with van der Waals surface area (Å²) < 4.78 is 11.0. The van der Waals surface area contributed by atoms with Gasteiger partial charge in [-0.05, 0) is 86.7 Å². The second-order valence-electron chi connectivity index (χ2n) is 12.0. The molecule has 3 heterocycles. The zero-order valence-corrected chi connectivity index (χ0v) is 29.9. The Morgan fingerprint density at radius 1 is 0.894 bits per heavy atom. The molecular formula is C40H42N3OS3+. The summed E-state index contributed by atoms with van der Waals surface area (Å²) in [5, 5.41) is 1.97. The molecule has 3 aliphatic rings. The lowest BCUT2D eigenvalue weighted by Gasteiger charge is -2.38. The van der Waals surface area contributed by atoms with E-state index in [0.29, 0.717) is 0 Å². The first-order valence-electron chi connectivity index (χ1n) is 16.7. The van der Waals surface area contributed by atoms with Crippen molar-refractivity contribution in [3.63, 3.8) is 0 Å². The van der Waals surface area contributed by atoms with Crippen LogP contribution in [0.3, 0.4) is 0 Å². The summed E-state index contributed by atoms with van der Waals surface area (Å²) in [7, 11) is 0. The van der Waals surface area contributed by atoms with Gasteiger partial charge < -0.3 is 14.5 Å². The maximum atomic E-state index is 7.31. The van der Waals surface area contributed by atoms with Crippen LogP contribution >= 0.6 is 34.9 Å². The maximum absolute atomic E-state index is 7.31. The fourth-order valence-electron chi connectivity index (χ4n) is 6.79. The van der Waals surface area contributed by atoms with E-state index < -0.39 is 5.06 Å². The zero-order valence-electron chi connectivity index (χ0n) is 27.4. The Bertz CT molecular complexity index is 1940. The number of thiazole rings is 1. The molecule has 2 aliphatic heterocycles. The molecule has 1 aromatic heterocycles. The van der Waals surface area contributed by atoms with Gasteiger partial charge in [-0.25, -0.2) is 0 Å². The highest BCUT2D eigenvalue weighted by Gasteiger charge is 2.43. The molecule has 0 fully saturated rings. The summed E-state index contributed by atoms with van der Waals surface area (Å²) >= 11 is 5.52. The highest BCUT2D eigenvalue weighted by atomic mass is 32.2. The molecule has 0 N–H and O–H groups in total. The number of aryl methyl sites for hydroxylation is 1. The summed E-state index contributed by atoms with van der Waals surface area (Å²) in [5.41, 5.74) is 6.35. The third-order valence-electron chi connectivity index (χ3n) is 9.03. The van der Waals surface area contributed by atoms with Gasteiger partial charge in [-0.1, -0.05) is 83.4 Å². The van der Waals surface area contributed by atoms with E-state index in [2.05, 4.69) is 139 Å². The third kappa shape index (κ3) is 6.21. The zero-order chi connectivity index (χ0) is 32.4. The fraction of sp³-hybridized carbons (Fsp3) is 0.275. The Morgan fingerprint density at radius 2 is 1.66 bits per heavy atom. The quantitative estimate of drug-likeness (QED) is 0.123. The summed E-state index contributed by atoms with van der Waals surface area (Å²) in [6.07, 6.45) is 15.3. The van der Waals surface area contributed by atoms with E-state index in [-0.39, 0.29) is 0 Å². The highest BCUT2D eigenvalue weighted by Crippen LogP contribution is 2.53. The Kier molecular flexibility index (Phi) is 9.40. The number of anilines is 2. The van der Waals surface area contributed by atoms with Gasteiger partial charge >= 0.3 is 0 Å². The van der Waals surface area contributed by atoms with Gasteiger partial charge in [0.15, 0.2) is 6.54 Å². The molecule has 1 aliphatic carbocycles. The smallest absolute Gasteiger partial charge is 0.262 e. The number of para-hydroxylation sites is 3. The summed E-state index contributed by atoms with van der Waals surface area (Å²) in [6.45, 7) is 13.4. The van der Waals surface area contributed by atoms with E-state index in [4.69, 9.17) is 4.74 Å².